The third kappa shape index (κ3) is 2.06. The highest BCUT2D eigenvalue weighted by Gasteiger charge is 2.09. The van der Waals surface area contributed by atoms with Crippen molar-refractivity contribution in [1.29, 1.82) is 0 Å². The van der Waals surface area contributed by atoms with Crippen LogP contribution in [0, 0.1) is 0 Å². The molecule has 0 N–H and O–H groups in total. The number of aryl methyl sites for hydroxylation is 2. The number of pyridine rings is 1. The molecule has 0 aliphatic heterocycles. The van der Waals surface area contributed by atoms with Gasteiger partial charge < -0.3 is 4.74 Å². The van der Waals surface area contributed by atoms with E-state index in [0.717, 1.165) is 18.8 Å². The monoisotopic (exact) mass is 191 g/mol. The van der Waals surface area contributed by atoms with Gasteiger partial charge in [0.2, 0.25) is 0 Å². The van der Waals surface area contributed by atoms with Gasteiger partial charge in [0.05, 0.1) is 12.8 Å². The van der Waals surface area contributed by atoms with Crippen LogP contribution < -0.4 is 4.74 Å². The number of hydrogen-bond donors (Lipinski definition) is 0. The van der Waals surface area contributed by atoms with Crippen molar-refractivity contribution in [1.82, 2.24) is 4.98 Å². The number of fused-ring (bicyclic) bond motifs is 1. The molecular formula is C12H17NO. The van der Waals surface area contributed by atoms with Crippen molar-refractivity contribution < 1.29 is 4.74 Å². The highest BCUT2D eigenvalue weighted by Crippen LogP contribution is 2.22. The molecule has 14 heavy (non-hydrogen) atoms. The first-order chi connectivity index (χ1) is 6.90. The maximum Gasteiger partial charge on any atom is 0.137 e. The van der Waals surface area contributed by atoms with Gasteiger partial charge >= 0.3 is 0 Å². The second-order valence-electron chi connectivity index (χ2n) is 3.77. The lowest BCUT2D eigenvalue weighted by Gasteiger charge is -2.07. The van der Waals surface area contributed by atoms with Crippen molar-refractivity contribution in [3.8, 4) is 5.75 Å². The van der Waals surface area contributed by atoms with Gasteiger partial charge in [-0.05, 0) is 44.2 Å². The third-order valence-electron chi connectivity index (χ3n) is 2.71. The molecule has 0 saturated carbocycles. The summed E-state index contributed by atoms with van der Waals surface area (Å²) in [5, 5.41) is 0. The Labute approximate surface area is 85.3 Å². The maximum absolute atomic E-state index is 5.45. The van der Waals surface area contributed by atoms with E-state index in [1.54, 1.807) is 0 Å². The Morgan fingerprint density at radius 1 is 1.29 bits per heavy atom. The van der Waals surface area contributed by atoms with Crippen molar-refractivity contribution >= 4 is 0 Å². The Balaban J connectivity index is 2.23. The van der Waals surface area contributed by atoms with Gasteiger partial charge in [-0.1, -0.05) is 6.42 Å². The zero-order valence-electron chi connectivity index (χ0n) is 8.75. The zero-order chi connectivity index (χ0) is 9.80. The predicted molar refractivity (Wildman–Crippen MR) is 56.7 cm³/mol. The molecule has 1 heterocycles. The van der Waals surface area contributed by atoms with Gasteiger partial charge in [-0.15, -0.1) is 0 Å². The molecule has 0 saturated heterocycles. The van der Waals surface area contributed by atoms with Gasteiger partial charge in [-0.3, -0.25) is 4.98 Å². The first-order valence-electron chi connectivity index (χ1n) is 5.50. The van der Waals surface area contributed by atoms with Gasteiger partial charge in [0.15, 0.2) is 0 Å². The van der Waals surface area contributed by atoms with Gasteiger partial charge in [0.25, 0.3) is 0 Å². The van der Waals surface area contributed by atoms with Gasteiger partial charge in [0.1, 0.15) is 5.75 Å². The van der Waals surface area contributed by atoms with Crippen molar-refractivity contribution in [3.05, 3.63) is 23.5 Å². The molecule has 2 nitrogen and oxygen atoms in total. The van der Waals surface area contributed by atoms with Crippen LogP contribution in [0.25, 0.3) is 0 Å². The van der Waals surface area contributed by atoms with E-state index in [0.29, 0.717) is 0 Å². The Kier molecular flexibility index (Phi) is 3.02. The van der Waals surface area contributed by atoms with Crippen LogP contribution in [0.2, 0.25) is 0 Å². The second-order valence-corrected chi connectivity index (χ2v) is 3.77. The van der Waals surface area contributed by atoms with Crippen LogP contribution in [0.15, 0.2) is 12.3 Å². The molecule has 76 valence electrons. The summed E-state index contributed by atoms with van der Waals surface area (Å²) >= 11 is 0. The van der Waals surface area contributed by atoms with Crippen LogP contribution in [0.5, 0.6) is 5.75 Å². The SMILES string of the molecule is CCOc1cnc2c(c1)CCCCC2. The molecule has 2 rings (SSSR count). The smallest absolute Gasteiger partial charge is 0.137 e. The average molecular weight is 191 g/mol. The topological polar surface area (TPSA) is 22.1 Å². The molecule has 0 spiro atoms. The number of rotatable bonds is 2. The summed E-state index contributed by atoms with van der Waals surface area (Å²) in [6, 6.07) is 2.16. The summed E-state index contributed by atoms with van der Waals surface area (Å²) in [7, 11) is 0. The van der Waals surface area contributed by atoms with E-state index in [4.69, 9.17) is 4.74 Å². The summed E-state index contributed by atoms with van der Waals surface area (Å²) < 4.78 is 5.45. The summed E-state index contributed by atoms with van der Waals surface area (Å²) in [5.41, 5.74) is 2.68. The third-order valence-corrected chi connectivity index (χ3v) is 2.71. The van der Waals surface area contributed by atoms with Crippen LogP contribution in [-0.2, 0) is 12.8 Å². The van der Waals surface area contributed by atoms with Crippen molar-refractivity contribution in [3.63, 3.8) is 0 Å². The predicted octanol–water partition coefficient (Wildman–Crippen LogP) is 2.75. The minimum atomic E-state index is 0.723. The normalized spacial score (nSPS) is 15.8. The van der Waals surface area contributed by atoms with E-state index in [2.05, 4.69) is 11.1 Å². The quantitative estimate of drug-likeness (QED) is 0.670. The largest absolute Gasteiger partial charge is 0.492 e. The van der Waals surface area contributed by atoms with E-state index in [1.807, 2.05) is 13.1 Å². The highest BCUT2D eigenvalue weighted by molar-refractivity contribution is 5.30. The fourth-order valence-corrected chi connectivity index (χ4v) is 1.99. The fourth-order valence-electron chi connectivity index (χ4n) is 1.99. The molecule has 0 fully saturated rings. The molecule has 0 atom stereocenters. The highest BCUT2D eigenvalue weighted by atomic mass is 16.5. The molecule has 1 aromatic rings. The minimum Gasteiger partial charge on any atom is -0.492 e. The van der Waals surface area contributed by atoms with E-state index in [1.165, 1.54) is 36.9 Å². The van der Waals surface area contributed by atoms with Gasteiger partial charge in [-0.25, -0.2) is 0 Å². The molecule has 0 bridgehead atoms. The summed E-state index contributed by atoms with van der Waals surface area (Å²) in [6.07, 6.45) is 8.08. The number of hydrogen-bond acceptors (Lipinski definition) is 2. The van der Waals surface area contributed by atoms with Crippen LogP contribution >= 0.6 is 0 Å². The van der Waals surface area contributed by atoms with Gasteiger partial charge in [0, 0.05) is 5.69 Å². The van der Waals surface area contributed by atoms with Crippen molar-refractivity contribution in [2.75, 3.05) is 6.61 Å². The van der Waals surface area contributed by atoms with E-state index < -0.39 is 0 Å². The molecule has 0 unspecified atom stereocenters. The Hall–Kier alpha value is -1.05. The number of aromatic nitrogens is 1. The second kappa shape index (κ2) is 4.45. The van der Waals surface area contributed by atoms with Crippen LogP contribution in [0.4, 0.5) is 0 Å². The van der Waals surface area contributed by atoms with Crippen LogP contribution in [0.1, 0.15) is 37.4 Å². The number of nitrogens with zero attached hydrogens (tertiary/aromatic N) is 1. The molecule has 1 aliphatic carbocycles. The molecule has 0 radical (unpaired) electrons. The van der Waals surface area contributed by atoms with Crippen LogP contribution in [-0.4, -0.2) is 11.6 Å². The molecule has 0 amide bonds. The maximum atomic E-state index is 5.45. The summed E-state index contributed by atoms with van der Waals surface area (Å²) in [5.74, 6) is 0.924. The molecule has 2 heteroatoms. The Morgan fingerprint density at radius 2 is 2.14 bits per heavy atom. The lowest BCUT2D eigenvalue weighted by Crippen LogP contribution is -1.98. The first-order valence-corrected chi connectivity index (χ1v) is 5.50. The van der Waals surface area contributed by atoms with Gasteiger partial charge in [-0.2, -0.15) is 0 Å². The van der Waals surface area contributed by atoms with E-state index in [9.17, 15) is 0 Å². The summed E-state index contributed by atoms with van der Waals surface area (Å²) in [6.45, 7) is 2.73. The first kappa shape index (κ1) is 9.50. The zero-order valence-corrected chi connectivity index (χ0v) is 8.75. The Bertz CT molecular complexity index is 309. The molecular weight excluding hydrogens is 174 g/mol. The average Bonchev–Trinajstić information content (AvgIpc) is 2.42. The van der Waals surface area contributed by atoms with Crippen molar-refractivity contribution in [2.24, 2.45) is 0 Å². The summed E-state index contributed by atoms with van der Waals surface area (Å²) in [4.78, 5) is 4.47. The minimum absolute atomic E-state index is 0.723. The molecule has 1 aliphatic rings. The Morgan fingerprint density at radius 3 is 3.00 bits per heavy atom. The number of ether oxygens (including phenoxy) is 1. The molecule has 1 aromatic heterocycles. The van der Waals surface area contributed by atoms with Crippen LogP contribution in [0.3, 0.4) is 0 Å². The van der Waals surface area contributed by atoms with E-state index in [-0.39, 0.29) is 0 Å². The fraction of sp³-hybridized carbons (Fsp3) is 0.583. The molecule has 0 aromatic carbocycles. The lowest BCUT2D eigenvalue weighted by atomic mass is 10.1. The van der Waals surface area contributed by atoms with Crippen molar-refractivity contribution in [2.45, 2.75) is 39.0 Å². The van der Waals surface area contributed by atoms with E-state index >= 15 is 0 Å². The standard InChI is InChI=1S/C12H17NO/c1-2-14-11-8-10-6-4-3-5-7-12(10)13-9-11/h8-9H,2-7H2,1H3. The lowest BCUT2D eigenvalue weighted by molar-refractivity contribution is 0.338.